The quantitative estimate of drug-likeness (QED) is 0.866. The number of benzene rings is 1. The molecule has 1 aliphatic carbocycles. The van der Waals surface area contributed by atoms with Gasteiger partial charge in [0.05, 0.1) is 0 Å². The SMILES string of the molecule is CC1(C(=O)NCCC(N)c2ccccc2)CCCCC1. The summed E-state index contributed by atoms with van der Waals surface area (Å²) in [5, 5.41) is 3.07. The van der Waals surface area contributed by atoms with Gasteiger partial charge in [0, 0.05) is 18.0 Å². The van der Waals surface area contributed by atoms with E-state index in [4.69, 9.17) is 5.73 Å². The molecule has 0 spiro atoms. The van der Waals surface area contributed by atoms with E-state index in [0.29, 0.717) is 6.54 Å². The van der Waals surface area contributed by atoms with Crippen LogP contribution in [0.15, 0.2) is 30.3 Å². The number of carbonyl (C=O) groups excluding carboxylic acids is 1. The van der Waals surface area contributed by atoms with Gasteiger partial charge in [-0.3, -0.25) is 4.79 Å². The molecule has 1 amide bonds. The number of rotatable bonds is 5. The van der Waals surface area contributed by atoms with Crippen LogP contribution in [-0.2, 0) is 4.79 Å². The fraction of sp³-hybridized carbons (Fsp3) is 0.588. The first-order valence-electron chi connectivity index (χ1n) is 7.71. The largest absolute Gasteiger partial charge is 0.356 e. The molecule has 0 aliphatic heterocycles. The van der Waals surface area contributed by atoms with E-state index in [1.54, 1.807) is 0 Å². The third-order valence-electron chi connectivity index (χ3n) is 4.47. The molecule has 2 rings (SSSR count). The van der Waals surface area contributed by atoms with Gasteiger partial charge < -0.3 is 11.1 Å². The van der Waals surface area contributed by atoms with E-state index in [1.165, 1.54) is 19.3 Å². The van der Waals surface area contributed by atoms with E-state index < -0.39 is 0 Å². The Balaban J connectivity index is 1.76. The molecule has 0 radical (unpaired) electrons. The van der Waals surface area contributed by atoms with Crippen molar-refractivity contribution in [2.45, 2.75) is 51.5 Å². The molecule has 110 valence electrons. The molecular weight excluding hydrogens is 248 g/mol. The van der Waals surface area contributed by atoms with Crippen LogP contribution in [0, 0.1) is 5.41 Å². The summed E-state index contributed by atoms with van der Waals surface area (Å²) >= 11 is 0. The summed E-state index contributed by atoms with van der Waals surface area (Å²) in [5.74, 6) is 0.206. The minimum atomic E-state index is -0.158. The molecule has 20 heavy (non-hydrogen) atoms. The number of nitrogens with two attached hydrogens (primary N) is 1. The van der Waals surface area contributed by atoms with Gasteiger partial charge in [-0.2, -0.15) is 0 Å². The van der Waals surface area contributed by atoms with Gasteiger partial charge in [0.15, 0.2) is 0 Å². The lowest BCUT2D eigenvalue weighted by molar-refractivity contribution is -0.131. The van der Waals surface area contributed by atoms with Crippen LogP contribution in [0.4, 0.5) is 0 Å². The van der Waals surface area contributed by atoms with Crippen molar-refractivity contribution >= 4 is 5.91 Å². The smallest absolute Gasteiger partial charge is 0.225 e. The van der Waals surface area contributed by atoms with Gasteiger partial charge >= 0.3 is 0 Å². The Labute approximate surface area is 121 Å². The van der Waals surface area contributed by atoms with Crippen LogP contribution in [0.2, 0.25) is 0 Å². The van der Waals surface area contributed by atoms with Crippen LogP contribution in [0.25, 0.3) is 0 Å². The van der Waals surface area contributed by atoms with Gasteiger partial charge in [0.25, 0.3) is 0 Å². The Kier molecular flexibility index (Phi) is 5.18. The molecular formula is C17H26N2O. The molecule has 0 bridgehead atoms. The second-order valence-corrected chi connectivity index (χ2v) is 6.18. The summed E-state index contributed by atoms with van der Waals surface area (Å²) in [6, 6.07) is 10.1. The van der Waals surface area contributed by atoms with Crippen LogP contribution < -0.4 is 11.1 Å². The van der Waals surface area contributed by atoms with E-state index in [2.05, 4.69) is 12.2 Å². The Bertz CT molecular complexity index is 424. The first kappa shape index (κ1) is 15.0. The van der Waals surface area contributed by atoms with Crippen molar-refractivity contribution in [3.63, 3.8) is 0 Å². The molecule has 1 saturated carbocycles. The Morgan fingerprint density at radius 3 is 2.55 bits per heavy atom. The number of amides is 1. The molecule has 1 aliphatic rings. The van der Waals surface area contributed by atoms with Crippen molar-refractivity contribution in [3.8, 4) is 0 Å². The lowest BCUT2D eigenvalue weighted by Gasteiger charge is -2.32. The summed E-state index contributed by atoms with van der Waals surface area (Å²) in [6.07, 6.45) is 6.43. The summed E-state index contributed by atoms with van der Waals surface area (Å²) < 4.78 is 0. The zero-order chi connectivity index (χ0) is 14.4. The second kappa shape index (κ2) is 6.89. The Morgan fingerprint density at radius 1 is 1.25 bits per heavy atom. The van der Waals surface area contributed by atoms with E-state index >= 15 is 0 Å². The first-order chi connectivity index (χ1) is 9.62. The van der Waals surface area contributed by atoms with Gasteiger partial charge in [0.1, 0.15) is 0 Å². The van der Waals surface area contributed by atoms with E-state index in [1.807, 2.05) is 30.3 Å². The molecule has 3 heteroatoms. The second-order valence-electron chi connectivity index (χ2n) is 6.18. The van der Waals surface area contributed by atoms with Gasteiger partial charge in [-0.25, -0.2) is 0 Å². The van der Waals surface area contributed by atoms with Crippen LogP contribution in [0.5, 0.6) is 0 Å². The van der Waals surface area contributed by atoms with Crippen molar-refractivity contribution in [3.05, 3.63) is 35.9 Å². The monoisotopic (exact) mass is 274 g/mol. The highest BCUT2D eigenvalue weighted by Crippen LogP contribution is 2.35. The van der Waals surface area contributed by atoms with Gasteiger partial charge in [-0.1, -0.05) is 56.5 Å². The predicted octanol–water partition coefficient (Wildman–Crippen LogP) is 3.16. The summed E-state index contributed by atoms with van der Waals surface area (Å²) in [6.45, 7) is 2.75. The molecule has 3 nitrogen and oxygen atoms in total. The van der Waals surface area contributed by atoms with Gasteiger partial charge in [0.2, 0.25) is 5.91 Å². The summed E-state index contributed by atoms with van der Waals surface area (Å²) in [5.41, 5.74) is 7.11. The molecule has 1 unspecified atom stereocenters. The topological polar surface area (TPSA) is 55.1 Å². The van der Waals surface area contributed by atoms with Crippen molar-refractivity contribution in [1.82, 2.24) is 5.32 Å². The summed E-state index contributed by atoms with van der Waals surface area (Å²) in [4.78, 5) is 12.3. The normalized spacial score (nSPS) is 19.3. The predicted molar refractivity (Wildman–Crippen MR) is 82.2 cm³/mol. The Hall–Kier alpha value is -1.35. The first-order valence-corrected chi connectivity index (χ1v) is 7.71. The van der Waals surface area contributed by atoms with Crippen molar-refractivity contribution in [2.75, 3.05) is 6.54 Å². The molecule has 0 aromatic heterocycles. The maximum absolute atomic E-state index is 12.3. The maximum atomic E-state index is 12.3. The van der Waals surface area contributed by atoms with Gasteiger partial charge in [-0.15, -0.1) is 0 Å². The van der Waals surface area contributed by atoms with Crippen LogP contribution in [0.3, 0.4) is 0 Å². The standard InChI is InChI=1S/C17H26N2O/c1-17(11-6-3-7-12-17)16(20)19-13-10-15(18)14-8-4-2-5-9-14/h2,4-5,8-9,15H,3,6-7,10-13,18H2,1H3,(H,19,20). The average molecular weight is 274 g/mol. The highest BCUT2D eigenvalue weighted by atomic mass is 16.2. The van der Waals surface area contributed by atoms with E-state index in [0.717, 1.165) is 24.8 Å². The number of carbonyl (C=O) groups is 1. The molecule has 3 N–H and O–H groups in total. The van der Waals surface area contributed by atoms with Crippen LogP contribution >= 0.6 is 0 Å². The minimum Gasteiger partial charge on any atom is -0.356 e. The third kappa shape index (κ3) is 3.83. The zero-order valence-electron chi connectivity index (χ0n) is 12.4. The zero-order valence-corrected chi connectivity index (χ0v) is 12.4. The molecule has 1 aromatic rings. The highest BCUT2D eigenvalue weighted by Gasteiger charge is 2.34. The molecule has 1 atom stereocenters. The van der Waals surface area contributed by atoms with Crippen LogP contribution in [-0.4, -0.2) is 12.5 Å². The fourth-order valence-corrected chi connectivity index (χ4v) is 2.98. The average Bonchev–Trinajstić information content (AvgIpc) is 2.48. The third-order valence-corrected chi connectivity index (χ3v) is 4.47. The van der Waals surface area contributed by atoms with E-state index in [9.17, 15) is 4.79 Å². The fourth-order valence-electron chi connectivity index (χ4n) is 2.98. The number of hydrogen-bond donors (Lipinski definition) is 2. The molecule has 0 heterocycles. The van der Waals surface area contributed by atoms with Crippen molar-refractivity contribution in [1.29, 1.82) is 0 Å². The highest BCUT2D eigenvalue weighted by molar-refractivity contribution is 5.82. The molecule has 0 saturated heterocycles. The van der Waals surface area contributed by atoms with Crippen LogP contribution in [0.1, 0.15) is 57.1 Å². The Morgan fingerprint density at radius 2 is 1.90 bits per heavy atom. The number of hydrogen-bond acceptors (Lipinski definition) is 2. The number of nitrogens with one attached hydrogen (secondary N) is 1. The molecule has 1 aromatic carbocycles. The van der Waals surface area contributed by atoms with E-state index in [-0.39, 0.29) is 17.4 Å². The lowest BCUT2D eigenvalue weighted by atomic mass is 9.75. The minimum absolute atomic E-state index is 0.00402. The lowest BCUT2D eigenvalue weighted by Crippen LogP contribution is -2.41. The van der Waals surface area contributed by atoms with Crippen molar-refractivity contribution in [2.24, 2.45) is 11.1 Å². The van der Waals surface area contributed by atoms with Crippen molar-refractivity contribution < 1.29 is 4.79 Å². The molecule has 1 fully saturated rings. The summed E-state index contributed by atoms with van der Waals surface area (Å²) in [7, 11) is 0. The maximum Gasteiger partial charge on any atom is 0.225 e. The van der Waals surface area contributed by atoms with Gasteiger partial charge in [-0.05, 0) is 24.8 Å².